The van der Waals surface area contributed by atoms with Gasteiger partial charge in [-0.25, -0.2) is 9.18 Å². The summed E-state index contributed by atoms with van der Waals surface area (Å²) in [5, 5.41) is 21.2. The number of hydrogen-bond donors (Lipinski definition) is 2. The maximum atomic E-state index is 13.1. The minimum Gasteiger partial charge on any atom is -0.478 e. The summed E-state index contributed by atoms with van der Waals surface area (Å²) in [5.74, 6) is -1.76. The van der Waals surface area contributed by atoms with Gasteiger partial charge in [0.25, 0.3) is 5.91 Å². The Labute approximate surface area is 167 Å². The number of piperazine rings is 1. The number of carboxylic acid groups (broad SMARTS) is 1. The van der Waals surface area contributed by atoms with Crippen LogP contribution >= 0.6 is 0 Å². The zero-order chi connectivity index (χ0) is 20.8. The lowest BCUT2D eigenvalue weighted by molar-refractivity contribution is -0.127. The molecule has 0 atom stereocenters. The van der Waals surface area contributed by atoms with Gasteiger partial charge in [-0.15, -0.1) is 0 Å². The molecule has 0 aromatic heterocycles. The first-order valence-electron chi connectivity index (χ1n) is 8.98. The zero-order valence-corrected chi connectivity index (χ0v) is 15.5. The first kappa shape index (κ1) is 19.9. The topological polar surface area (TPSA) is 96.7 Å². The highest BCUT2D eigenvalue weighted by atomic mass is 19.1. The molecule has 148 valence electrons. The van der Waals surface area contributed by atoms with Gasteiger partial charge in [0.15, 0.2) is 0 Å². The normalized spacial score (nSPS) is 14.3. The maximum absolute atomic E-state index is 13.1. The molecule has 0 saturated carbocycles. The summed E-state index contributed by atoms with van der Waals surface area (Å²) < 4.78 is 13.1. The lowest BCUT2D eigenvalue weighted by atomic mass is 10.2. The van der Waals surface area contributed by atoms with Crippen LogP contribution in [-0.2, 0) is 4.79 Å². The van der Waals surface area contributed by atoms with Crippen LogP contribution in [0.25, 0.3) is 0 Å². The lowest BCUT2D eigenvalue weighted by Gasteiger charge is -2.36. The number of benzene rings is 2. The molecule has 3 rings (SSSR count). The Kier molecular flexibility index (Phi) is 6.09. The number of carbonyl (C=O) groups is 2. The predicted molar refractivity (Wildman–Crippen MR) is 106 cm³/mol. The molecule has 1 heterocycles. The number of hydrogen-bond acceptors (Lipinski definition) is 5. The highest BCUT2D eigenvalue weighted by Gasteiger charge is 2.24. The van der Waals surface area contributed by atoms with Gasteiger partial charge in [0.05, 0.1) is 5.56 Å². The Bertz CT molecular complexity index is 974. The zero-order valence-electron chi connectivity index (χ0n) is 15.5. The van der Waals surface area contributed by atoms with E-state index in [1.165, 1.54) is 30.5 Å². The SMILES string of the molecule is N#C/C(=C/Nc1cccc(C(=O)O)c1)C(=O)N1CCN(c2ccc(F)cc2)CC1. The van der Waals surface area contributed by atoms with Crippen LogP contribution in [-0.4, -0.2) is 48.1 Å². The van der Waals surface area contributed by atoms with Crippen molar-refractivity contribution in [3.63, 3.8) is 0 Å². The smallest absolute Gasteiger partial charge is 0.335 e. The van der Waals surface area contributed by atoms with E-state index in [1.807, 2.05) is 6.07 Å². The summed E-state index contributed by atoms with van der Waals surface area (Å²) in [5.41, 5.74) is 1.38. The number of rotatable bonds is 5. The van der Waals surface area contributed by atoms with E-state index < -0.39 is 11.9 Å². The average Bonchev–Trinajstić information content (AvgIpc) is 2.75. The average molecular weight is 394 g/mol. The van der Waals surface area contributed by atoms with Crippen LogP contribution in [0.1, 0.15) is 10.4 Å². The number of amides is 1. The third-order valence-electron chi connectivity index (χ3n) is 4.60. The van der Waals surface area contributed by atoms with Crippen molar-refractivity contribution in [2.75, 3.05) is 36.4 Å². The summed E-state index contributed by atoms with van der Waals surface area (Å²) in [6.45, 7) is 2.02. The minimum absolute atomic E-state index is 0.0686. The van der Waals surface area contributed by atoms with Gasteiger partial charge in [-0.2, -0.15) is 5.26 Å². The van der Waals surface area contributed by atoms with Crippen LogP contribution in [0.2, 0.25) is 0 Å². The van der Waals surface area contributed by atoms with Crippen molar-refractivity contribution in [2.45, 2.75) is 0 Å². The van der Waals surface area contributed by atoms with Crippen LogP contribution in [0, 0.1) is 17.1 Å². The first-order chi connectivity index (χ1) is 14.0. The molecule has 1 fully saturated rings. The molecule has 29 heavy (non-hydrogen) atoms. The van der Waals surface area contributed by atoms with E-state index in [0.29, 0.717) is 31.9 Å². The summed E-state index contributed by atoms with van der Waals surface area (Å²) in [4.78, 5) is 27.3. The van der Waals surface area contributed by atoms with Crippen molar-refractivity contribution in [3.05, 3.63) is 71.7 Å². The van der Waals surface area contributed by atoms with Gasteiger partial charge in [-0.1, -0.05) is 6.07 Å². The fourth-order valence-corrected chi connectivity index (χ4v) is 3.03. The first-order valence-corrected chi connectivity index (χ1v) is 8.98. The predicted octanol–water partition coefficient (Wildman–Crippen LogP) is 2.69. The number of nitrogens with one attached hydrogen (secondary N) is 1. The number of nitriles is 1. The van der Waals surface area contributed by atoms with Crippen LogP contribution in [0.5, 0.6) is 0 Å². The van der Waals surface area contributed by atoms with Crippen LogP contribution in [0.3, 0.4) is 0 Å². The number of carbonyl (C=O) groups excluding carboxylic acids is 1. The minimum atomic E-state index is -1.06. The molecule has 0 aliphatic carbocycles. The molecule has 1 saturated heterocycles. The molecule has 2 aromatic carbocycles. The quantitative estimate of drug-likeness (QED) is 0.598. The Hall–Kier alpha value is -3.86. The molecule has 0 unspecified atom stereocenters. The third-order valence-corrected chi connectivity index (χ3v) is 4.60. The van der Waals surface area contributed by atoms with Gasteiger partial charge >= 0.3 is 5.97 Å². The van der Waals surface area contributed by atoms with Crippen LogP contribution in [0.15, 0.2) is 60.3 Å². The van der Waals surface area contributed by atoms with E-state index in [0.717, 1.165) is 5.69 Å². The molecular weight excluding hydrogens is 375 g/mol. The molecular formula is C21H19FN4O3. The molecule has 2 aromatic rings. The molecule has 0 spiro atoms. The van der Waals surface area contributed by atoms with Crippen molar-refractivity contribution >= 4 is 23.3 Å². The highest BCUT2D eigenvalue weighted by molar-refractivity contribution is 5.97. The molecule has 0 radical (unpaired) electrons. The Morgan fingerprint density at radius 3 is 2.41 bits per heavy atom. The number of nitrogens with zero attached hydrogens (tertiary/aromatic N) is 3. The Morgan fingerprint density at radius 2 is 1.79 bits per heavy atom. The summed E-state index contributed by atoms with van der Waals surface area (Å²) in [7, 11) is 0. The molecule has 2 N–H and O–H groups in total. The molecule has 0 bridgehead atoms. The second-order valence-electron chi connectivity index (χ2n) is 6.46. The Balaban J connectivity index is 1.62. The lowest BCUT2D eigenvalue weighted by Crippen LogP contribution is -2.49. The van der Waals surface area contributed by atoms with E-state index in [9.17, 15) is 19.2 Å². The van der Waals surface area contributed by atoms with Crippen molar-refractivity contribution in [1.29, 1.82) is 5.26 Å². The number of halogens is 1. The number of anilines is 2. The van der Waals surface area contributed by atoms with Crippen molar-refractivity contribution in [1.82, 2.24) is 4.90 Å². The summed E-state index contributed by atoms with van der Waals surface area (Å²) >= 11 is 0. The largest absolute Gasteiger partial charge is 0.478 e. The molecule has 1 aliphatic heterocycles. The van der Waals surface area contributed by atoms with Crippen molar-refractivity contribution in [3.8, 4) is 6.07 Å². The fraction of sp³-hybridized carbons (Fsp3) is 0.190. The fourth-order valence-electron chi connectivity index (χ4n) is 3.03. The second kappa shape index (κ2) is 8.89. The van der Waals surface area contributed by atoms with E-state index in [4.69, 9.17) is 5.11 Å². The second-order valence-corrected chi connectivity index (χ2v) is 6.46. The van der Waals surface area contributed by atoms with Crippen LogP contribution < -0.4 is 10.2 Å². The molecule has 1 amide bonds. The maximum Gasteiger partial charge on any atom is 0.335 e. The molecule has 7 nitrogen and oxygen atoms in total. The van der Waals surface area contributed by atoms with Gasteiger partial charge in [0.1, 0.15) is 17.5 Å². The van der Waals surface area contributed by atoms with Crippen LogP contribution in [0.4, 0.5) is 15.8 Å². The highest BCUT2D eigenvalue weighted by Crippen LogP contribution is 2.18. The van der Waals surface area contributed by atoms with Gasteiger partial charge in [-0.05, 0) is 42.5 Å². The molecule has 1 aliphatic rings. The Morgan fingerprint density at radius 1 is 1.10 bits per heavy atom. The van der Waals surface area contributed by atoms with Gasteiger partial charge < -0.3 is 20.2 Å². The monoisotopic (exact) mass is 394 g/mol. The van der Waals surface area contributed by atoms with E-state index in [1.54, 1.807) is 29.2 Å². The van der Waals surface area contributed by atoms with E-state index >= 15 is 0 Å². The van der Waals surface area contributed by atoms with Crippen molar-refractivity contribution < 1.29 is 19.1 Å². The number of aromatic carboxylic acids is 1. The number of carboxylic acids is 1. The van der Waals surface area contributed by atoms with Gasteiger partial charge in [0.2, 0.25) is 0 Å². The molecule has 8 heteroatoms. The standard InChI is InChI=1S/C21H19FN4O3/c22-17-4-6-19(7-5-17)25-8-10-26(11-9-25)20(27)16(13-23)14-24-18-3-1-2-15(12-18)21(28)29/h1-7,12,14,24H,8-11H2,(H,28,29)/b16-14-. The van der Waals surface area contributed by atoms with Crippen molar-refractivity contribution in [2.24, 2.45) is 0 Å². The van der Waals surface area contributed by atoms with E-state index in [2.05, 4.69) is 10.2 Å². The van der Waals surface area contributed by atoms with Gasteiger partial charge in [0, 0.05) is 43.8 Å². The third kappa shape index (κ3) is 4.90. The van der Waals surface area contributed by atoms with E-state index in [-0.39, 0.29) is 17.0 Å². The van der Waals surface area contributed by atoms with Gasteiger partial charge in [-0.3, -0.25) is 4.79 Å². The summed E-state index contributed by atoms with van der Waals surface area (Å²) in [6.07, 6.45) is 1.29. The summed E-state index contributed by atoms with van der Waals surface area (Å²) in [6, 6.07) is 14.2.